The van der Waals surface area contributed by atoms with E-state index < -0.39 is 5.41 Å². The van der Waals surface area contributed by atoms with E-state index in [0.717, 1.165) is 45.2 Å². The van der Waals surface area contributed by atoms with E-state index in [4.69, 9.17) is 9.47 Å². The van der Waals surface area contributed by atoms with Gasteiger partial charge in [0.2, 0.25) is 0 Å². The Morgan fingerprint density at radius 3 is 2.70 bits per heavy atom. The third kappa shape index (κ3) is 2.39. The molecule has 0 radical (unpaired) electrons. The number of carbonyl (C=O) groups excluding carboxylic acids is 1. The summed E-state index contributed by atoms with van der Waals surface area (Å²) in [6, 6.07) is 0.374. The molecule has 5 aliphatic rings. The molecule has 3 aliphatic heterocycles. The van der Waals surface area contributed by atoms with Crippen LogP contribution >= 0.6 is 0 Å². The summed E-state index contributed by atoms with van der Waals surface area (Å²) in [4.78, 5) is 16.1. The first-order chi connectivity index (χ1) is 13.1. The molecule has 3 saturated heterocycles. The zero-order valence-corrected chi connectivity index (χ0v) is 16.6. The Morgan fingerprint density at radius 2 is 1.96 bits per heavy atom. The lowest BCUT2D eigenvalue weighted by Crippen LogP contribution is -2.71. The molecule has 0 aromatic rings. The number of allylic oxidation sites excluding steroid dienone is 4. The van der Waals surface area contributed by atoms with Gasteiger partial charge in [-0.1, -0.05) is 36.3 Å². The van der Waals surface area contributed by atoms with Crippen molar-refractivity contribution in [3.05, 3.63) is 35.5 Å². The van der Waals surface area contributed by atoms with Gasteiger partial charge in [-0.25, -0.2) is 0 Å². The molecule has 4 nitrogen and oxygen atoms in total. The van der Waals surface area contributed by atoms with Crippen molar-refractivity contribution >= 4 is 5.97 Å². The number of nitrogens with zero attached hydrogens (tertiary/aromatic N) is 1. The maximum atomic E-state index is 13.5. The number of ether oxygens (including phenoxy) is 2. The molecular weight excluding hydrogens is 338 g/mol. The van der Waals surface area contributed by atoms with Gasteiger partial charge in [-0.2, -0.15) is 0 Å². The molecule has 27 heavy (non-hydrogen) atoms. The van der Waals surface area contributed by atoms with Gasteiger partial charge < -0.3 is 9.47 Å². The molecule has 0 amide bonds. The molecule has 0 N–H and O–H groups in total. The molecule has 146 valence electrons. The van der Waals surface area contributed by atoms with Crippen molar-refractivity contribution in [2.24, 2.45) is 11.3 Å². The molecule has 3 heterocycles. The fourth-order valence-corrected chi connectivity index (χ4v) is 6.38. The third-order valence-corrected chi connectivity index (χ3v) is 7.88. The third-order valence-electron chi connectivity index (χ3n) is 7.88. The molecule has 0 aromatic heterocycles. The normalized spacial score (nSPS) is 43.9. The molecule has 0 unspecified atom stereocenters. The van der Waals surface area contributed by atoms with Crippen LogP contribution in [0.5, 0.6) is 0 Å². The quantitative estimate of drug-likeness (QED) is 0.695. The Kier molecular flexibility index (Phi) is 4.14. The highest BCUT2D eigenvalue weighted by Gasteiger charge is 2.70. The summed E-state index contributed by atoms with van der Waals surface area (Å²) in [7, 11) is 1.80. The van der Waals surface area contributed by atoms with Gasteiger partial charge in [0.1, 0.15) is 5.41 Å². The summed E-state index contributed by atoms with van der Waals surface area (Å²) < 4.78 is 11.9. The van der Waals surface area contributed by atoms with Gasteiger partial charge in [-0.3, -0.25) is 9.69 Å². The minimum absolute atomic E-state index is 0.000750. The van der Waals surface area contributed by atoms with Crippen molar-refractivity contribution in [2.45, 2.75) is 69.6 Å². The van der Waals surface area contributed by atoms with Gasteiger partial charge >= 0.3 is 5.97 Å². The molecule has 1 saturated carbocycles. The van der Waals surface area contributed by atoms with Gasteiger partial charge in [0.05, 0.1) is 12.1 Å². The van der Waals surface area contributed by atoms with Crippen molar-refractivity contribution in [2.75, 3.05) is 20.2 Å². The predicted molar refractivity (Wildman–Crippen MR) is 104 cm³/mol. The molecule has 5 rings (SSSR count). The highest BCUT2D eigenvalue weighted by molar-refractivity contribution is 5.90. The van der Waals surface area contributed by atoms with Crippen molar-refractivity contribution < 1.29 is 14.3 Å². The smallest absolute Gasteiger partial charge is 0.321 e. The summed E-state index contributed by atoms with van der Waals surface area (Å²) in [6.45, 7) is 4.15. The molecule has 2 aliphatic carbocycles. The summed E-state index contributed by atoms with van der Waals surface area (Å²) in [5, 5.41) is 0. The highest BCUT2D eigenvalue weighted by atomic mass is 16.6. The van der Waals surface area contributed by atoms with E-state index in [1.165, 1.54) is 24.0 Å². The summed E-state index contributed by atoms with van der Waals surface area (Å²) in [6.07, 6.45) is 16.9. The Bertz CT molecular complexity index is 730. The Balaban J connectivity index is 1.55. The zero-order chi connectivity index (χ0) is 18.6. The van der Waals surface area contributed by atoms with Crippen LogP contribution in [0.3, 0.4) is 0 Å². The van der Waals surface area contributed by atoms with Gasteiger partial charge in [0, 0.05) is 13.7 Å². The SMILES string of the molecule is COC1CCC([C@@]23C=CC(C)=CC=C2[C@@]2(CN4CCCC[C@H]42)OC3=O)CC1. The number of esters is 1. The lowest BCUT2D eigenvalue weighted by atomic mass is 9.59. The molecular formula is C23H31NO3. The Hall–Kier alpha value is -1.39. The van der Waals surface area contributed by atoms with E-state index in [0.29, 0.717) is 18.1 Å². The first kappa shape index (κ1) is 17.7. The van der Waals surface area contributed by atoms with E-state index in [9.17, 15) is 4.79 Å². The number of fused-ring (bicyclic) bond motifs is 4. The van der Waals surface area contributed by atoms with Gasteiger partial charge in [0.25, 0.3) is 0 Å². The second-order valence-electron chi connectivity index (χ2n) is 9.16. The van der Waals surface area contributed by atoms with Crippen molar-refractivity contribution in [1.82, 2.24) is 4.90 Å². The summed E-state index contributed by atoms with van der Waals surface area (Å²) in [5.41, 5.74) is 1.50. The van der Waals surface area contributed by atoms with E-state index in [1.54, 1.807) is 7.11 Å². The molecule has 1 spiro atoms. The minimum Gasteiger partial charge on any atom is -0.450 e. The van der Waals surface area contributed by atoms with Crippen LogP contribution in [0.25, 0.3) is 0 Å². The van der Waals surface area contributed by atoms with Crippen LogP contribution in [0.2, 0.25) is 0 Å². The first-order valence-corrected chi connectivity index (χ1v) is 10.7. The fraction of sp³-hybridized carbons (Fsp3) is 0.696. The van der Waals surface area contributed by atoms with Crippen LogP contribution in [0.1, 0.15) is 51.9 Å². The second-order valence-corrected chi connectivity index (χ2v) is 9.16. The van der Waals surface area contributed by atoms with E-state index in [-0.39, 0.29) is 11.6 Å². The minimum atomic E-state index is -0.573. The number of methoxy groups -OCH3 is 1. The van der Waals surface area contributed by atoms with E-state index in [2.05, 4.69) is 36.1 Å². The maximum Gasteiger partial charge on any atom is 0.321 e. The predicted octanol–water partition coefficient (Wildman–Crippen LogP) is 3.78. The van der Waals surface area contributed by atoms with Crippen LogP contribution in [0.4, 0.5) is 0 Å². The van der Waals surface area contributed by atoms with Crippen molar-refractivity contribution in [3.63, 3.8) is 0 Å². The topological polar surface area (TPSA) is 38.8 Å². The summed E-state index contributed by atoms with van der Waals surface area (Å²) >= 11 is 0. The molecule has 3 atom stereocenters. The Morgan fingerprint density at radius 1 is 1.15 bits per heavy atom. The number of hydrogen-bond donors (Lipinski definition) is 0. The van der Waals surface area contributed by atoms with E-state index >= 15 is 0 Å². The molecule has 0 aromatic carbocycles. The van der Waals surface area contributed by atoms with Gasteiger partial charge in [0.15, 0.2) is 5.60 Å². The number of rotatable bonds is 2. The standard InChI is InChI=1S/C23H31NO3/c1-16-6-11-19-22(13-12-16,17-7-9-18(26-2)10-8-17)21(25)27-23(19)15-24-14-4-3-5-20(23)24/h6,11-13,17-18,20H,3-5,7-10,14-15H2,1-2H3/t17?,18?,20-,22-,23+/m0/s1. The van der Waals surface area contributed by atoms with Gasteiger partial charge in [-0.05, 0) is 63.5 Å². The molecule has 4 fully saturated rings. The molecule has 4 heteroatoms. The average molecular weight is 370 g/mol. The van der Waals surface area contributed by atoms with E-state index in [1.807, 2.05) is 0 Å². The van der Waals surface area contributed by atoms with Crippen LogP contribution in [0.15, 0.2) is 35.5 Å². The van der Waals surface area contributed by atoms with Crippen LogP contribution < -0.4 is 0 Å². The fourth-order valence-electron chi connectivity index (χ4n) is 6.38. The van der Waals surface area contributed by atoms with Crippen LogP contribution in [0, 0.1) is 11.3 Å². The number of hydrogen-bond acceptors (Lipinski definition) is 4. The highest BCUT2D eigenvalue weighted by Crippen LogP contribution is 2.61. The van der Waals surface area contributed by atoms with Crippen molar-refractivity contribution in [1.29, 1.82) is 0 Å². The number of carbonyl (C=O) groups is 1. The van der Waals surface area contributed by atoms with Crippen LogP contribution in [-0.2, 0) is 14.3 Å². The number of piperidine rings is 1. The zero-order valence-electron chi connectivity index (χ0n) is 16.6. The monoisotopic (exact) mass is 369 g/mol. The van der Waals surface area contributed by atoms with Gasteiger partial charge in [-0.15, -0.1) is 0 Å². The van der Waals surface area contributed by atoms with Crippen LogP contribution in [-0.4, -0.2) is 48.8 Å². The summed E-state index contributed by atoms with van der Waals surface area (Å²) in [5.74, 6) is 0.314. The molecule has 0 bridgehead atoms. The lowest BCUT2D eigenvalue weighted by Gasteiger charge is -2.57. The maximum absolute atomic E-state index is 13.5. The first-order valence-electron chi connectivity index (χ1n) is 10.7. The van der Waals surface area contributed by atoms with Crippen molar-refractivity contribution in [3.8, 4) is 0 Å². The largest absolute Gasteiger partial charge is 0.450 e. The second kappa shape index (κ2) is 6.31. The lowest BCUT2D eigenvalue weighted by molar-refractivity contribution is -0.181. The average Bonchev–Trinajstić information content (AvgIpc) is 2.81. The Labute approximate surface area is 162 Å².